The van der Waals surface area contributed by atoms with Crippen molar-refractivity contribution >= 4 is 17.4 Å². The van der Waals surface area contributed by atoms with E-state index >= 15 is 0 Å². The zero-order valence-electron chi connectivity index (χ0n) is 10.4. The molecule has 0 spiro atoms. The number of nitrogens with two attached hydrogens (primary N) is 1. The third-order valence-corrected chi connectivity index (χ3v) is 3.32. The molecule has 6 heteroatoms. The van der Waals surface area contributed by atoms with E-state index in [0.29, 0.717) is 10.9 Å². The lowest BCUT2D eigenvalue weighted by Gasteiger charge is -2.09. The molecule has 0 aliphatic rings. The van der Waals surface area contributed by atoms with Crippen LogP contribution in [0.4, 0.5) is 5.69 Å². The average Bonchev–Trinajstić information content (AvgIpc) is 2.77. The van der Waals surface area contributed by atoms with E-state index in [1.165, 1.54) is 11.8 Å². The van der Waals surface area contributed by atoms with Crippen molar-refractivity contribution in [1.82, 2.24) is 14.8 Å². The van der Waals surface area contributed by atoms with Crippen LogP contribution in [0.15, 0.2) is 20.9 Å². The lowest BCUT2D eigenvalue weighted by molar-refractivity contribution is 0.449. The van der Waals surface area contributed by atoms with E-state index in [4.69, 9.17) is 10.2 Å². The van der Waals surface area contributed by atoms with E-state index in [1.807, 2.05) is 18.5 Å². The van der Waals surface area contributed by atoms with Gasteiger partial charge in [-0.1, -0.05) is 0 Å². The molecule has 92 valence electrons. The molecule has 2 aromatic rings. The van der Waals surface area contributed by atoms with Crippen LogP contribution in [0.5, 0.6) is 0 Å². The zero-order valence-corrected chi connectivity index (χ0v) is 11.2. The van der Waals surface area contributed by atoms with Crippen molar-refractivity contribution in [2.75, 3.05) is 5.73 Å². The van der Waals surface area contributed by atoms with E-state index in [-0.39, 0.29) is 6.04 Å². The third-order valence-electron chi connectivity index (χ3n) is 2.36. The summed E-state index contributed by atoms with van der Waals surface area (Å²) in [5.74, 6) is 0. The molecule has 0 unspecified atom stereocenters. The van der Waals surface area contributed by atoms with Crippen LogP contribution in [0, 0.1) is 13.8 Å². The summed E-state index contributed by atoms with van der Waals surface area (Å²) in [7, 11) is 0. The summed E-state index contributed by atoms with van der Waals surface area (Å²) in [6.45, 7) is 7.93. The van der Waals surface area contributed by atoms with Crippen molar-refractivity contribution in [1.29, 1.82) is 0 Å². The largest absolute Gasteiger partial charge is 0.439 e. The van der Waals surface area contributed by atoms with Gasteiger partial charge >= 0.3 is 0 Å². The molecule has 0 saturated heterocycles. The van der Waals surface area contributed by atoms with Crippen molar-refractivity contribution in [3.8, 4) is 0 Å². The molecule has 5 nitrogen and oxygen atoms in total. The van der Waals surface area contributed by atoms with E-state index in [9.17, 15) is 0 Å². The Morgan fingerprint density at radius 3 is 2.65 bits per heavy atom. The Kier molecular flexibility index (Phi) is 3.15. The number of oxazole rings is 1. The summed E-state index contributed by atoms with van der Waals surface area (Å²) < 4.78 is 7.22. The molecule has 17 heavy (non-hydrogen) atoms. The fourth-order valence-electron chi connectivity index (χ4n) is 1.45. The molecule has 0 atom stereocenters. The minimum absolute atomic E-state index is 0.254. The fourth-order valence-corrected chi connectivity index (χ4v) is 2.51. The maximum Gasteiger partial charge on any atom is 0.262 e. The lowest BCUT2D eigenvalue weighted by atomic mass is 10.4. The quantitative estimate of drug-likeness (QED) is 0.909. The van der Waals surface area contributed by atoms with Gasteiger partial charge in [-0.3, -0.25) is 4.68 Å². The molecule has 0 aromatic carbocycles. The number of hydrogen-bond acceptors (Lipinski definition) is 5. The van der Waals surface area contributed by atoms with Gasteiger partial charge in [0.15, 0.2) is 0 Å². The molecule has 2 aromatic heterocycles. The Labute approximate surface area is 104 Å². The van der Waals surface area contributed by atoms with E-state index in [0.717, 1.165) is 16.4 Å². The summed E-state index contributed by atoms with van der Waals surface area (Å²) >= 11 is 1.41. The molecular formula is C11H16N4OS. The smallest absolute Gasteiger partial charge is 0.262 e. The van der Waals surface area contributed by atoms with Gasteiger partial charge in [-0.15, -0.1) is 0 Å². The average molecular weight is 252 g/mol. The van der Waals surface area contributed by atoms with Crippen LogP contribution in [-0.2, 0) is 0 Å². The molecule has 0 fully saturated rings. The number of nitrogens with zero attached hydrogens (tertiary/aromatic N) is 3. The van der Waals surface area contributed by atoms with Crippen molar-refractivity contribution in [3.63, 3.8) is 0 Å². The Bertz CT molecular complexity index is 530. The van der Waals surface area contributed by atoms with Gasteiger partial charge in [-0.25, -0.2) is 4.98 Å². The van der Waals surface area contributed by atoms with Crippen molar-refractivity contribution in [2.45, 2.75) is 44.0 Å². The second-order valence-corrected chi connectivity index (χ2v) is 5.14. The highest BCUT2D eigenvalue weighted by atomic mass is 32.2. The van der Waals surface area contributed by atoms with Crippen LogP contribution in [-0.4, -0.2) is 14.8 Å². The third kappa shape index (κ3) is 2.31. The van der Waals surface area contributed by atoms with Crippen LogP contribution in [0.2, 0.25) is 0 Å². The van der Waals surface area contributed by atoms with Crippen LogP contribution < -0.4 is 5.73 Å². The first-order valence-corrected chi connectivity index (χ1v) is 6.25. The number of nitrogen functional groups attached to an aromatic ring is 1. The highest BCUT2D eigenvalue weighted by Gasteiger charge is 2.17. The molecule has 0 aliphatic carbocycles. The first-order valence-electron chi connectivity index (χ1n) is 5.43. The number of aromatic nitrogens is 3. The molecule has 0 saturated carbocycles. The summed E-state index contributed by atoms with van der Waals surface area (Å²) in [4.78, 5) is 4.26. The Balaban J connectivity index is 2.37. The van der Waals surface area contributed by atoms with E-state index in [1.54, 1.807) is 6.26 Å². The van der Waals surface area contributed by atoms with Gasteiger partial charge in [-0.05, 0) is 39.5 Å². The molecule has 2 N–H and O–H groups in total. The normalized spacial score (nSPS) is 11.4. The van der Waals surface area contributed by atoms with Crippen LogP contribution in [0.25, 0.3) is 0 Å². The summed E-state index contributed by atoms with van der Waals surface area (Å²) in [5, 5.41) is 5.90. The second-order valence-electron chi connectivity index (χ2n) is 4.20. The molecule has 2 rings (SSSR count). The minimum Gasteiger partial charge on any atom is -0.439 e. The van der Waals surface area contributed by atoms with Crippen LogP contribution >= 0.6 is 11.8 Å². The Hall–Kier alpha value is -1.43. The maximum absolute atomic E-state index is 6.02. The molecular weight excluding hydrogens is 236 g/mol. The zero-order chi connectivity index (χ0) is 12.6. The second kappa shape index (κ2) is 4.44. The number of anilines is 1. The first kappa shape index (κ1) is 12.0. The molecule has 0 bridgehead atoms. The molecule has 0 amide bonds. The molecule has 0 radical (unpaired) electrons. The fraction of sp³-hybridized carbons (Fsp3) is 0.455. The Morgan fingerprint density at radius 1 is 1.41 bits per heavy atom. The number of hydrogen-bond donors (Lipinski definition) is 1. The highest BCUT2D eigenvalue weighted by molar-refractivity contribution is 7.99. The first-order chi connectivity index (χ1) is 7.99. The monoisotopic (exact) mass is 252 g/mol. The van der Waals surface area contributed by atoms with Gasteiger partial charge < -0.3 is 10.2 Å². The van der Waals surface area contributed by atoms with Crippen LogP contribution in [0.1, 0.15) is 31.3 Å². The SMILES string of the molecule is Cc1coc(Sc2c(N)c(C)nn2C(C)C)n1. The Morgan fingerprint density at radius 2 is 2.12 bits per heavy atom. The van der Waals surface area contributed by atoms with Gasteiger partial charge in [0, 0.05) is 6.04 Å². The predicted molar refractivity (Wildman–Crippen MR) is 67.1 cm³/mol. The van der Waals surface area contributed by atoms with Gasteiger partial charge in [0.1, 0.15) is 11.3 Å². The van der Waals surface area contributed by atoms with Gasteiger partial charge in [-0.2, -0.15) is 5.10 Å². The number of rotatable bonds is 3. The predicted octanol–water partition coefficient (Wildman–Crippen LogP) is 2.80. The van der Waals surface area contributed by atoms with Gasteiger partial charge in [0.25, 0.3) is 5.22 Å². The summed E-state index contributed by atoms with van der Waals surface area (Å²) in [6.07, 6.45) is 1.63. The summed E-state index contributed by atoms with van der Waals surface area (Å²) in [6, 6.07) is 0.254. The molecule has 0 aliphatic heterocycles. The standard InChI is InChI=1S/C11H16N4OS/c1-6(2)15-10(9(12)8(4)14-15)17-11-13-7(3)5-16-11/h5-6H,12H2,1-4H3. The van der Waals surface area contributed by atoms with Gasteiger partial charge in [0.05, 0.1) is 17.1 Å². The summed E-state index contributed by atoms with van der Waals surface area (Å²) in [5.41, 5.74) is 8.41. The lowest BCUT2D eigenvalue weighted by Crippen LogP contribution is -2.04. The van der Waals surface area contributed by atoms with Crippen LogP contribution in [0.3, 0.4) is 0 Å². The number of aryl methyl sites for hydroxylation is 2. The van der Waals surface area contributed by atoms with E-state index < -0.39 is 0 Å². The minimum atomic E-state index is 0.254. The van der Waals surface area contributed by atoms with Crippen molar-refractivity contribution in [3.05, 3.63) is 17.7 Å². The highest BCUT2D eigenvalue weighted by Crippen LogP contribution is 2.34. The van der Waals surface area contributed by atoms with Gasteiger partial charge in [0.2, 0.25) is 0 Å². The molecule has 2 heterocycles. The topological polar surface area (TPSA) is 69.9 Å². The maximum atomic E-state index is 6.02. The van der Waals surface area contributed by atoms with Crippen molar-refractivity contribution in [2.24, 2.45) is 0 Å². The van der Waals surface area contributed by atoms with Crippen molar-refractivity contribution < 1.29 is 4.42 Å². The van der Waals surface area contributed by atoms with E-state index in [2.05, 4.69) is 23.9 Å².